The highest BCUT2D eigenvalue weighted by Gasteiger charge is 2.56. The molecule has 0 saturated carbocycles. The predicted octanol–water partition coefficient (Wildman–Crippen LogP) is 3.53. The highest BCUT2D eigenvalue weighted by atomic mass is 32.2. The van der Waals surface area contributed by atoms with E-state index in [0.717, 1.165) is 5.56 Å². The van der Waals surface area contributed by atoms with Crippen LogP contribution in [0.15, 0.2) is 35.3 Å². The van der Waals surface area contributed by atoms with Gasteiger partial charge in [-0.3, -0.25) is 0 Å². The monoisotopic (exact) mass is 275 g/mol. The molecule has 0 spiro atoms. The minimum atomic E-state index is -4.75. The Bertz CT molecular complexity index is 460. The van der Waals surface area contributed by atoms with Crippen LogP contribution in [0.1, 0.15) is 24.2 Å². The molecule has 98 valence electrons. The molecule has 2 rings (SSSR count). The van der Waals surface area contributed by atoms with Gasteiger partial charge in [-0.05, 0) is 12.5 Å². The van der Waals surface area contributed by atoms with Crippen LogP contribution in [-0.2, 0) is 0 Å². The van der Waals surface area contributed by atoms with E-state index in [1.54, 1.807) is 30.3 Å². The topological polar surface area (TPSA) is 32.6 Å². The average Bonchev–Trinajstić information content (AvgIpc) is 2.27. The van der Waals surface area contributed by atoms with Crippen molar-refractivity contribution in [2.24, 2.45) is 4.99 Å². The molecule has 1 aromatic carbocycles. The number of rotatable bonds is 1. The minimum Gasteiger partial charge on any atom is -0.362 e. The quantitative estimate of drug-likeness (QED) is 0.850. The molecule has 1 aliphatic rings. The molecule has 0 aromatic heterocycles. The van der Waals surface area contributed by atoms with Crippen molar-refractivity contribution in [1.29, 1.82) is 0 Å². The van der Waals surface area contributed by atoms with Crippen LogP contribution in [0, 0.1) is 0 Å². The van der Waals surface area contributed by atoms with Crippen molar-refractivity contribution in [2.75, 3.05) is 0 Å². The molecule has 18 heavy (non-hydrogen) atoms. The third kappa shape index (κ3) is 2.54. The number of hydrogen-bond acceptors (Lipinski definition) is 3. The summed E-state index contributed by atoms with van der Waals surface area (Å²) in [6.45, 7) is 1.48. The molecule has 0 radical (unpaired) electrons. The van der Waals surface area contributed by atoms with Crippen LogP contribution in [0.5, 0.6) is 0 Å². The number of benzene rings is 1. The summed E-state index contributed by atoms with van der Waals surface area (Å²) in [6, 6.07) is 8.85. The molecule has 0 aliphatic carbocycles. The predicted molar refractivity (Wildman–Crippen MR) is 65.5 cm³/mol. The van der Waals surface area contributed by atoms with Gasteiger partial charge < -0.3 is 5.11 Å². The zero-order valence-corrected chi connectivity index (χ0v) is 10.4. The standard InChI is InChI=1S/C12H12F3NOS/c1-8-16-11(17,12(13,14)15)7-10(18-8)9-5-3-2-4-6-9/h2-6,10,17H,7H2,1H3/t10-,11-/m1/s1. The van der Waals surface area contributed by atoms with E-state index in [-0.39, 0.29) is 5.04 Å². The summed E-state index contributed by atoms with van der Waals surface area (Å²) in [5.41, 5.74) is -2.21. The third-order valence-electron chi connectivity index (χ3n) is 2.75. The van der Waals surface area contributed by atoms with E-state index >= 15 is 0 Å². The van der Waals surface area contributed by atoms with E-state index in [4.69, 9.17) is 0 Å². The van der Waals surface area contributed by atoms with Gasteiger partial charge in [-0.2, -0.15) is 13.2 Å². The van der Waals surface area contributed by atoms with Gasteiger partial charge in [-0.25, -0.2) is 4.99 Å². The molecule has 0 saturated heterocycles. The van der Waals surface area contributed by atoms with E-state index < -0.39 is 23.6 Å². The Morgan fingerprint density at radius 1 is 1.33 bits per heavy atom. The number of thioether (sulfide) groups is 1. The highest BCUT2D eigenvalue weighted by molar-refractivity contribution is 8.14. The van der Waals surface area contributed by atoms with Crippen LogP contribution in [0.2, 0.25) is 0 Å². The van der Waals surface area contributed by atoms with Crippen molar-refractivity contribution in [3.63, 3.8) is 0 Å². The van der Waals surface area contributed by atoms with Crippen LogP contribution in [0.4, 0.5) is 13.2 Å². The fourth-order valence-electron chi connectivity index (χ4n) is 1.87. The summed E-state index contributed by atoms with van der Waals surface area (Å²) in [4.78, 5) is 3.37. The van der Waals surface area contributed by atoms with Crippen LogP contribution in [0.25, 0.3) is 0 Å². The number of aliphatic hydroxyl groups is 1. The van der Waals surface area contributed by atoms with Gasteiger partial charge in [0.15, 0.2) is 0 Å². The van der Waals surface area contributed by atoms with E-state index in [2.05, 4.69) is 4.99 Å². The average molecular weight is 275 g/mol. The molecule has 0 unspecified atom stereocenters. The molecule has 1 N–H and O–H groups in total. The number of aliphatic imine (C=N–C) groups is 1. The van der Waals surface area contributed by atoms with E-state index in [1.807, 2.05) is 0 Å². The first-order valence-electron chi connectivity index (χ1n) is 5.39. The number of nitrogens with zero attached hydrogens (tertiary/aromatic N) is 1. The zero-order chi connectivity index (χ0) is 13.4. The Morgan fingerprint density at radius 3 is 2.50 bits per heavy atom. The number of halogens is 3. The Morgan fingerprint density at radius 2 is 1.94 bits per heavy atom. The van der Waals surface area contributed by atoms with Crippen LogP contribution in [0.3, 0.4) is 0 Å². The maximum Gasteiger partial charge on any atom is 0.438 e. The first kappa shape index (κ1) is 13.4. The molecule has 2 atom stereocenters. The summed E-state index contributed by atoms with van der Waals surface area (Å²) < 4.78 is 38.5. The first-order valence-corrected chi connectivity index (χ1v) is 6.27. The largest absolute Gasteiger partial charge is 0.438 e. The van der Waals surface area contributed by atoms with Crippen molar-refractivity contribution < 1.29 is 18.3 Å². The fraction of sp³-hybridized carbons (Fsp3) is 0.417. The van der Waals surface area contributed by atoms with Crippen molar-refractivity contribution in [1.82, 2.24) is 0 Å². The minimum absolute atomic E-state index is 0.245. The molecule has 0 fully saturated rings. The molecule has 1 aromatic rings. The lowest BCUT2D eigenvalue weighted by molar-refractivity contribution is -0.259. The van der Waals surface area contributed by atoms with E-state index in [0.29, 0.717) is 0 Å². The van der Waals surface area contributed by atoms with Gasteiger partial charge >= 0.3 is 6.18 Å². The summed E-state index contributed by atoms with van der Waals surface area (Å²) >= 11 is 1.25. The van der Waals surface area contributed by atoms with Gasteiger partial charge in [0.05, 0.1) is 5.04 Å². The van der Waals surface area contributed by atoms with Gasteiger partial charge in [0, 0.05) is 11.7 Å². The van der Waals surface area contributed by atoms with Crippen molar-refractivity contribution in [3.05, 3.63) is 35.9 Å². The Balaban J connectivity index is 2.32. The summed E-state index contributed by atoms with van der Waals surface area (Å²) in [6.07, 6.45) is -5.20. The van der Waals surface area contributed by atoms with Crippen LogP contribution < -0.4 is 0 Å². The molecule has 2 nitrogen and oxygen atoms in total. The summed E-state index contributed by atoms with van der Waals surface area (Å²) in [5, 5.41) is 9.49. The molecular formula is C12H12F3NOS. The van der Waals surface area contributed by atoms with E-state index in [1.165, 1.54) is 18.7 Å². The summed E-state index contributed by atoms with van der Waals surface area (Å²) in [5.74, 6) is 0. The van der Waals surface area contributed by atoms with Crippen molar-refractivity contribution >= 4 is 16.8 Å². The van der Waals surface area contributed by atoms with Gasteiger partial charge in [0.1, 0.15) is 0 Å². The number of hydrogen-bond donors (Lipinski definition) is 1. The van der Waals surface area contributed by atoms with Crippen molar-refractivity contribution in [3.8, 4) is 0 Å². The van der Waals surface area contributed by atoms with Gasteiger partial charge in [0.2, 0.25) is 0 Å². The fourth-order valence-corrected chi connectivity index (χ4v) is 3.10. The van der Waals surface area contributed by atoms with Crippen LogP contribution in [-0.4, -0.2) is 22.1 Å². The zero-order valence-electron chi connectivity index (χ0n) is 9.61. The third-order valence-corrected chi connectivity index (χ3v) is 3.91. The second-order valence-electron chi connectivity index (χ2n) is 4.17. The summed E-state index contributed by atoms with van der Waals surface area (Å²) in [7, 11) is 0. The van der Waals surface area contributed by atoms with E-state index in [9.17, 15) is 18.3 Å². The Labute approximate surface area is 107 Å². The van der Waals surface area contributed by atoms with Gasteiger partial charge in [-0.15, -0.1) is 11.8 Å². The molecule has 0 amide bonds. The van der Waals surface area contributed by atoms with Gasteiger partial charge in [-0.1, -0.05) is 30.3 Å². The second-order valence-corrected chi connectivity index (χ2v) is 5.56. The molecule has 1 heterocycles. The Hall–Kier alpha value is -1.01. The lowest BCUT2D eigenvalue weighted by Gasteiger charge is -2.34. The second kappa shape index (κ2) is 4.59. The SMILES string of the molecule is CC1=N[C@](O)(C(F)(F)F)C[C@H](c2ccccc2)S1. The highest BCUT2D eigenvalue weighted by Crippen LogP contribution is 2.47. The maximum atomic E-state index is 12.8. The molecule has 1 aliphatic heterocycles. The molecule has 6 heteroatoms. The lowest BCUT2D eigenvalue weighted by atomic mass is 10.0. The van der Waals surface area contributed by atoms with Gasteiger partial charge in [0.25, 0.3) is 5.72 Å². The Kier molecular flexibility index (Phi) is 3.42. The normalized spacial score (nSPS) is 28.9. The first-order chi connectivity index (χ1) is 8.32. The smallest absolute Gasteiger partial charge is 0.362 e. The molecular weight excluding hydrogens is 263 g/mol. The lowest BCUT2D eigenvalue weighted by Crippen LogP contribution is -2.46. The maximum absolute atomic E-state index is 12.8. The van der Waals surface area contributed by atoms with Crippen molar-refractivity contribution in [2.45, 2.75) is 30.5 Å². The van der Waals surface area contributed by atoms with Crippen LogP contribution >= 0.6 is 11.8 Å². The molecule has 0 bridgehead atoms. The number of alkyl halides is 3.